The molecule has 76 valence electrons. The second-order valence-corrected chi connectivity index (χ2v) is 3.76. The van der Waals surface area contributed by atoms with Crippen LogP contribution in [0.1, 0.15) is 44.6 Å². The Kier molecular flexibility index (Phi) is 3.19. The van der Waals surface area contributed by atoms with Crippen LogP contribution in [0.3, 0.4) is 0 Å². The molecule has 0 aliphatic carbocycles. The van der Waals surface area contributed by atoms with Gasteiger partial charge in [0.1, 0.15) is 11.8 Å². The zero-order valence-electron chi connectivity index (χ0n) is 9.04. The van der Waals surface area contributed by atoms with Gasteiger partial charge in [-0.3, -0.25) is 0 Å². The molecule has 0 aliphatic rings. The van der Waals surface area contributed by atoms with Crippen LogP contribution >= 0.6 is 0 Å². The Morgan fingerprint density at radius 1 is 1.57 bits per heavy atom. The molecule has 0 radical (unpaired) electrons. The molecule has 3 nitrogen and oxygen atoms in total. The van der Waals surface area contributed by atoms with Gasteiger partial charge in [0.2, 0.25) is 0 Å². The van der Waals surface area contributed by atoms with Crippen LogP contribution in [0.5, 0.6) is 0 Å². The van der Waals surface area contributed by atoms with E-state index in [0.29, 0.717) is 11.7 Å². The third kappa shape index (κ3) is 1.74. The Morgan fingerprint density at radius 3 is 2.64 bits per heavy atom. The summed E-state index contributed by atoms with van der Waals surface area (Å²) in [5.74, 6) is 0. The van der Waals surface area contributed by atoms with Crippen molar-refractivity contribution in [2.75, 3.05) is 5.73 Å². The number of rotatable bonds is 3. The fraction of sp³-hybridized carbons (Fsp3) is 0.545. The third-order valence-corrected chi connectivity index (χ3v) is 2.29. The van der Waals surface area contributed by atoms with Gasteiger partial charge in [0.25, 0.3) is 0 Å². The summed E-state index contributed by atoms with van der Waals surface area (Å²) < 4.78 is 2.03. The summed E-state index contributed by atoms with van der Waals surface area (Å²) in [6.45, 7) is 6.25. The summed E-state index contributed by atoms with van der Waals surface area (Å²) in [4.78, 5) is 0. The average Bonchev–Trinajstić information content (AvgIpc) is 2.44. The number of aromatic nitrogens is 1. The second-order valence-electron chi connectivity index (χ2n) is 3.76. The number of anilines is 1. The lowest BCUT2D eigenvalue weighted by Gasteiger charge is -2.14. The molecule has 0 atom stereocenters. The van der Waals surface area contributed by atoms with E-state index in [9.17, 15) is 0 Å². The van der Waals surface area contributed by atoms with E-state index in [0.717, 1.165) is 24.2 Å². The lowest BCUT2D eigenvalue weighted by atomic mass is 10.2. The fourth-order valence-corrected chi connectivity index (χ4v) is 1.76. The van der Waals surface area contributed by atoms with Crippen molar-refractivity contribution >= 4 is 5.69 Å². The van der Waals surface area contributed by atoms with Crippen LogP contribution in [-0.2, 0) is 6.42 Å². The van der Waals surface area contributed by atoms with E-state index in [1.54, 1.807) is 6.07 Å². The van der Waals surface area contributed by atoms with Crippen LogP contribution < -0.4 is 5.73 Å². The molecular formula is C11H17N3. The molecule has 2 N–H and O–H groups in total. The highest BCUT2D eigenvalue weighted by molar-refractivity contribution is 5.51. The monoisotopic (exact) mass is 191 g/mol. The van der Waals surface area contributed by atoms with Crippen LogP contribution in [-0.4, -0.2) is 4.57 Å². The molecule has 0 unspecified atom stereocenters. The summed E-state index contributed by atoms with van der Waals surface area (Å²) in [7, 11) is 0. The number of hydrogen-bond acceptors (Lipinski definition) is 2. The van der Waals surface area contributed by atoms with E-state index in [1.807, 2.05) is 4.57 Å². The lowest BCUT2D eigenvalue weighted by molar-refractivity contribution is 0.568. The maximum Gasteiger partial charge on any atom is 0.122 e. The molecule has 0 saturated carbocycles. The van der Waals surface area contributed by atoms with Crippen molar-refractivity contribution < 1.29 is 0 Å². The predicted molar refractivity (Wildman–Crippen MR) is 57.9 cm³/mol. The molecule has 1 aromatic heterocycles. The van der Waals surface area contributed by atoms with E-state index in [2.05, 4.69) is 26.8 Å². The van der Waals surface area contributed by atoms with Gasteiger partial charge in [-0.1, -0.05) is 13.3 Å². The van der Waals surface area contributed by atoms with Crippen molar-refractivity contribution in [3.05, 3.63) is 17.5 Å². The highest BCUT2D eigenvalue weighted by Gasteiger charge is 2.14. The van der Waals surface area contributed by atoms with Gasteiger partial charge in [0, 0.05) is 11.7 Å². The number of hydrogen-bond donors (Lipinski definition) is 1. The molecule has 3 heteroatoms. The molecule has 14 heavy (non-hydrogen) atoms. The van der Waals surface area contributed by atoms with Gasteiger partial charge in [-0.25, -0.2) is 0 Å². The average molecular weight is 191 g/mol. The van der Waals surface area contributed by atoms with Gasteiger partial charge < -0.3 is 10.3 Å². The van der Waals surface area contributed by atoms with Crippen LogP contribution in [0.25, 0.3) is 0 Å². The SMILES string of the molecule is CCCc1c(N)cc(C#N)n1C(C)C. The van der Waals surface area contributed by atoms with Gasteiger partial charge >= 0.3 is 0 Å². The predicted octanol–water partition coefficient (Wildman–Crippen LogP) is 2.48. The zero-order chi connectivity index (χ0) is 10.7. The molecule has 0 spiro atoms. The minimum atomic E-state index is 0.295. The number of nitrogens with zero attached hydrogens (tertiary/aromatic N) is 2. The van der Waals surface area contributed by atoms with E-state index >= 15 is 0 Å². The molecular weight excluding hydrogens is 174 g/mol. The first-order valence-corrected chi connectivity index (χ1v) is 5.01. The first-order valence-electron chi connectivity index (χ1n) is 5.01. The lowest BCUT2D eigenvalue weighted by Crippen LogP contribution is -2.08. The minimum Gasteiger partial charge on any atom is -0.397 e. The van der Waals surface area contributed by atoms with Crippen LogP contribution in [0.2, 0.25) is 0 Å². The Hall–Kier alpha value is -1.43. The van der Waals surface area contributed by atoms with Crippen LogP contribution in [0.15, 0.2) is 6.07 Å². The minimum absolute atomic E-state index is 0.295. The fourth-order valence-electron chi connectivity index (χ4n) is 1.76. The standard InChI is InChI=1S/C11H17N3/c1-4-5-11-10(13)6-9(7-12)14(11)8(2)3/h6,8H,4-5,13H2,1-3H3. The van der Waals surface area contributed by atoms with Gasteiger partial charge in [-0.15, -0.1) is 0 Å². The largest absolute Gasteiger partial charge is 0.397 e. The summed E-state index contributed by atoms with van der Waals surface area (Å²) in [6, 6.07) is 4.24. The van der Waals surface area contributed by atoms with E-state index in [4.69, 9.17) is 11.0 Å². The van der Waals surface area contributed by atoms with Crippen molar-refractivity contribution in [1.82, 2.24) is 4.57 Å². The molecule has 0 bridgehead atoms. The van der Waals surface area contributed by atoms with E-state index in [-0.39, 0.29) is 0 Å². The van der Waals surface area contributed by atoms with E-state index < -0.39 is 0 Å². The number of nitrogen functional groups attached to an aromatic ring is 1. The molecule has 0 aliphatic heterocycles. The van der Waals surface area contributed by atoms with Gasteiger partial charge in [0.05, 0.1) is 5.69 Å². The Bertz CT molecular complexity index is 355. The summed E-state index contributed by atoms with van der Waals surface area (Å²) in [5.41, 5.74) is 8.38. The number of nitrogens with two attached hydrogens (primary N) is 1. The Labute approximate surface area is 85.1 Å². The normalized spacial score (nSPS) is 10.5. The van der Waals surface area contributed by atoms with Crippen LogP contribution in [0.4, 0.5) is 5.69 Å². The van der Waals surface area contributed by atoms with Crippen molar-refractivity contribution in [2.45, 2.75) is 39.7 Å². The molecule has 0 saturated heterocycles. The van der Waals surface area contributed by atoms with Gasteiger partial charge in [0.15, 0.2) is 0 Å². The topological polar surface area (TPSA) is 54.7 Å². The van der Waals surface area contributed by atoms with Gasteiger partial charge in [-0.05, 0) is 26.3 Å². The number of nitriles is 1. The van der Waals surface area contributed by atoms with Crippen LogP contribution in [0, 0.1) is 11.3 Å². The zero-order valence-corrected chi connectivity index (χ0v) is 9.04. The quantitative estimate of drug-likeness (QED) is 0.798. The smallest absolute Gasteiger partial charge is 0.122 e. The van der Waals surface area contributed by atoms with Crippen molar-refractivity contribution in [3.8, 4) is 6.07 Å². The molecule has 0 amide bonds. The van der Waals surface area contributed by atoms with Gasteiger partial charge in [-0.2, -0.15) is 5.26 Å². The maximum absolute atomic E-state index is 8.95. The summed E-state index contributed by atoms with van der Waals surface area (Å²) in [6.07, 6.45) is 1.98. The highest BCUT2D eigenvalue weighted by atomic mass is 15.0. The molecule has 1 rings (SSSR count). The molecule has 0 aromatic carbocycles. The first-order chi connectivity index (χ1) is 6.61. The highest BCUT2D eigenvalue weighted by Crippen LogP contribution is 2.23. The third-order valence-electron chi connectivity index (χ3n) is 2.29. The summed E-state index contributed by atoms with van der Waals surface area (Å²) in [5, 5.41) is 8.95. The van der Waals surface area contributed by atoms with Crippen molar-refractivity contribution in [1.29, 1.82) is 5.26 Å². The van der Waals surface area contributed by atoms with Crippen molar-refractivity contribution in [3.63, 3.8) is 0 Å². The maximum atomic E-state index is 8.95. The van der Waals surface area contributed by atoms with Crippen molar-refractivity contribution in [2.24, 2.45) is 0 Å². The van der Waals surface area contributed by atoms with E-state index in [1.165, 1.54) is 0 Å². The summed E-state index contributed by atoms with van der Waals surface area (Å²) >= 11 is 0. The molecule has 0 fully saturated rings. The first kappa shape index (κ1) is 10.6. The Balaban J connectivity index is 3.25. The second kappa shape index (κ2) is 4.19. The Morgan fingerprint density at radius 2 is 2.21 bits per heavy atom. The molecule has 1 heterocycles. The molecule has 1 aromatic rings.